The van der Waals surface area contributed by atoms with Crippen LogP contribution in [-0.2, 0) is 32.3 Å². The smallest absolute Gasteiger partial charge is 0.278 e. The normalized spacial score (nSPS) is 18.2. The Kier molecular flexibility index (Phi) is 7.78. The van der Waals surface area contributed by atoms with Crippen LogP contribution in [0.1, 0.15) is 16.3 Å². The summed E-state index contributed by atoms with van der Waals surface area (Å²) in [5.41, 5.74) is 12.9. The predicted octanol–water partition coefficient (Wildman–Crippen LogP) is -0.789. The second-order valence-electron chi connectivity index (χ2n) is 9.80. The van der Waals surface area contributed by atoms with Crippen LogP contribution in [0.2, 0.25) is 0 Å². The molecule has 1 fully saturated rings. The number of rotatable bonds is 10. The molecule has 4 aromatic heterocycles. The highest BCUT2D eigenvalue weighted by Crippen LogP contribution is 2.40. The van der Waals surface area contributed by atoms with Crippen molar-refractivity contribution in [3.63, 3.8) is 0 Å². The Morgan fingerprint density at radius 3 is 2.86 bits per heavy atom. The highest BCUT2D eigenvalue weighted by molar-refractivity contribution is 8.00. The van der Waals surface area contributed by atoms with Crippen molar-refractivity contribution in [3.8, 4) is 0 Å². The monoisotopic (exact) mass is 652 g/mol. The number of β-lactam (4-membered cyclic amide) rings is 1. The molecule has 4 aromatic rings. The number of anilines is 1. The summed E-state index contributed by atoms with van der Waals surface area (Å²) < 4.78 is 7.88. The molecule has 0 radical (unpaired) electrons. The maximum Gasteiger partial charge on any atom is 0.278 e. The molecular weight excluding hydrogens is 629 g/mol. The Bertz CT molecular complexity index is 1890. The Morgan fingerprint density at radius 1 is 1.36 bits per heavy atom. The van der Waals surface area contributed by atoms with Gasteiger partial charge < -0.3 is 36.1 Å². The standard InChI is InChI=1S/C26H24N10O5S3/c1-41-32-17(21-31-26(29)44-33-21)22(37)30-18-23(38)36-19(25(39)40)14(11-43-24(18)36)7-34-4-2-12-3-5-35(16(12)9-34)8-15-6-13(10-42-15)20(27)28/h2-6,9-10,18,24H,7-8,11H2,1H3,(H6-,27,28,29,30,31,33,37,39,40)/t18-,24-/m1/s1. The first-order chi connectivity index (χ1) is 21.1. The third-order valence-corrected chi connectivity index (χ3v) is 9.82. The van der Waals surface area contributed by atoms with Gasteiger partial charge in [0.05, 0.1) is 18.2 Å². The number of thioether (sulfide) groups is 1. The SMILES string of the molecule is CON=C(C(=O)N[C@@H]1C(=O)N2C(C(=O)[O-])=C(C[n+]3ccc4ccn(Cc5cc(C(=N)N)cs5)c4c3)CS[C@H]12)c1nsc(N)n1. The van der Waals surface area contributed by atoms with Gasteiger partial charge in [-0.05, 0) is 12.1 Å². The number of nitrogens with two attached hydrogens (primary N) is 2. The molecule has 1 saturated heterocycles. The Labute approximate surface area is 261 Å². The van der Waals surface area contributed by atoms with Crippen molar-refractivity contribution in [2.24, 2.45) is 10.9 Å². The van der Waals surface area contributed by atoms with Gasteiger partial charge in [-0.1, -0.05) is 5.16 Å². The van der Waals surface area contributed by atoms with E-state index in [1.807, 2.05) is 46.7 Å². The van der Waals surface area contributed by atoms with Crippen molar-refractivity contribution in [2.45, 2.75) is 24.5 Å². The molecule has 0 aliphatic carbocycles. The van der Waals surface area contributed by atoms with Gasteiger partial charge in [0.15, 0.2) is 24.1 Å². The summed E-state index contributed by atoms with van der Waals surface area (Å²) in [7, 11) is 1.25. The highest BCUT2D eigenvalue weighted by Gasteiger charge is 2.53. The van der Waals surface area contributed by atoms with E-state index in [2.05, 4.69) is 24.4 Å². The third-order valence-electron chi connectivity index (χ3n) is 7.02. The number of carboxylic acids is 1. The molecule has 0 unspecified atom stereocenters. The van der Waals surface area contributed by atoms with Gasteiger partial charge in [-0.2, -0.15) is 13.9 Å². The Hall–Kier alpha value is -4.81. The van der Waals surface area contributed by atoms with E-state index in [0.717, 1.165) is 32.2 Å². The van der Waals surface area contributed by atoms with Crippen molar-refractivity contribution in [2.75, 3.05) is 18.6 Å². The van der Waals surface area contributed by atoms with E-state index >= 15 is 0 Å². The number of aliphatic carboxylic acids is 1. The number of aromatic nitrogens is 4. The summed E-state index contributed by atoms with van der Waals surface area (Å²) in [5, 5.41) is 28.5. The van der Waals surface area contributed by atoms with Crippen LogP contribution in [0.5, 0.6) is 0 Å². The summed E-state index contributed by atoms with van der Waals surface area (Å²) in [4.78, 5) is 49.3. The van der Waals surface area contributed by atoms with Crippen molar-refractivity contribution >= 4 is 80.0 Å². The van der Waals surface area contributed by atoms with Crippen molar-refractivity contribution in [1.29, 1.82) is 5.41 Å². The molecule has 2 amide bonds. The van der Waals surface area contributed by atoms with Gasteiger partial charge in [-0.3, -0.25) is 19.9 Å². The average Bonchev–Trinajstić information content (AvgIpc) is 3.75. The van der Waals surface area contributed by atoms with Crippen molar-refractivity contribution < 1.29 is 28.9 Å². The number of amides is 2. The summed E-state index contributed by atoms with van der Waals surface area (Å²) in [5.74, 6) is -2.57. The Balaban J connectivity index is 1.21. The van der Waals surface area contributed by atoms with Crippen molar-refractivity contribution in [3.05, 3.63) is 69.7 Å². The highest BCUT2D eigenvalue weighted by atomic mass is 32.2. The lowest BCUT2D eigenvalue weighted by Gasteiger charge is -2.50. The summed E-state index contributed by atoms with van der Waals surface area (Å²) in [6, 6.07) is 4.80. The fourth-order valence-electron chi connectivity index (χ4n) is 5.01. The third kappa shape index (κ3) is 5.38. The van der Waals surface area contributed by atoms with Gasteiger partial charge in [0.25, 0.3) is 11.8 Å². The van der Waals surface area contributed by atoms with Gasteiger partial charge in [-0.15, -0.1) is 23.1 Å². The van der Waals surface area contributed by atoms with Crippen LogP contribution in [0, 0.1) is 5.41 Å². The number of pyridine rings is 1. The van der Waals surface area contributed by atoms with E-state index in [1.165, 1.54) is 30.2 Å². The largest absolute Gasteiger partial charge is 0.543 e. The van der Waals surface area contributed by atoms with Gasteiger partial charge >= 0.3 is 0 Å². The van der Waals surface area contributed by atoms with E-state index in [9.17, 15) is 19.5 Å². The second-order valence-corrected chi connectivity index (χ2v) is 12.7. The average molecular weight is 653 g/mol. The van der Waals surface area contributed by atoms with Gasteiger partial charge in [0.2, 0.25) is 11.5 Å². The fourth-order valence-corrected chi connectivity index (χ4v) is 7.66. The number of nitrogen functional groups attached to an aromatic ring is 2. The van der Waals surface area contributed by atoms with Gasteiger partial charge in [0.1, 0.15) is 29.9 Å². The molecule has 15 nitrogen and oxygen atoms in total. The number of carbonyl (C=O) groups is 3. The topological polar surface area (TPSA) is 222 Å². The van der Waals surface area contributed by atoms with E-state index in [1.54, 1.807) is 0 Å². The number of carbonyl (C=O) groups excluding carboxylic acids is 3. The number of amidine groups is 1. The number of thiophene rings is 1. The molecule has 0 bridgehead atoms. The fraction of sp³-hybridized carbons (Fsp3) is 0.231. The zero-order valence-corrected chi connectivity index (χ0v) is 25.4. The molecule has 6 heterocycles. The van der Waals surface area contributed by atoms with Crippen LogP contribution in [0.4, 0.5) is 5.13 Å². The van der Waals surface area contributed by atoms with Crippen LogP contribution in [-0.4, -0.2) is 72.4 Å². The van der Waals surface area contributed by atoms with Gasteiger partial charge in [0, 0.05) is 56.3 Å². The van der Waals surface area contributed by atoms with E-state index < -0.39 is 29.2 Å². The van der Waals surface area contributed by atoms with Crippen LogP contribution < -0.4 is 26.5 Å². The number of nitrogens with zero attached hydrogens (tertiary/aromatic N) is 6. The zero-order valence-electron chi connectivity index (χ0n) is 22.9. The van der Waals surface area contributed by atoms with Gasteiger partial charge in [-0.25, -0.2) is 0 Å². The summed E-state index contributed by atoms with van der Waals surface area (Å²) in [6.07, 6.45) is 5.73. The second kappa shape index (κ2) is 11.7. The lowest BCUT2D eigenvalue weighted by atomic mass is 10.0. The molecule has 6 rings (SSSR count). The molecule has 0 saturated carbocycles. The van der Waals surface area contributed by atoms with E-state index in [4.69, 9.17) is 21.7 Å². The maximum absolute atomic E-state index is 13.2. The summed E-state index contributed by atoms with van der Waals surface area (Å²) >= 11 is 3.72. The molecular formula is C26H24N10O5S3. The van der Waals surface area contributed by atoms with Crippen LogP contribution >= 0.6 is 34.6 Å². The quantitative estimate of drug-likeness (QED) is 0.0550. The molecule has 44 heavy (non-hydrogen) atoms. The maximum atomic E-state index is 13.2. The number of nitrogens with one attached hydrogen (secondary N) is 2. The minimum Gasteiger partial charge on any atom is -0.543 e. The molecule has 0 spiro atoms. The number of oxime groups is 1. The number of fused-ring (bicyclic) bond motifs is 2. The minimum atomic E-state index is -1.48. The van der Waals surface area contributed by atoms with Crippen molar-refractivity contribution in [1.82, 2.24) is 24.1 Å². The van der Waals surface area contributed by atoms with E-state index in [0.29, 0.717) is 23.4 Å². The zero-order chi connectivity index (χ0) is 31.1. The summed E-state index contributed by atoms with van der Waals surface area (Å²) in [6.45, 7) is 0.786. The van der Waals surface area contributed by atoms with E-state index in [-0.39, 0.29) is 34.7 Å². The molecule has 2 aliphatic heterocycles. The molecule has 6 N–H and O–H groups in total. The van der Waals surface area contributed by atoms with Crippen LogP contribution in [0.3, 0.4) is 0 Å². The minimum absolute atomic E-state index is 0.0184. The van der Waals surface area contributed by atoms with Crippen LogP contribution in [0.25, 0.3) is 10.9 Å². The Morgan fingerprint density at radius 2 is 2.18 bits per heavy atom. The number of hydrogen-bond donors (Lipinski definition) is 4. The first-order valence-electron chi connectivity index (χ1n) is 12.9. The molecule has 18 heteroatoms. The molecule has 2 aliphatic rings. The molecule has 0 aromatic carbocycles. The number of hydrogen-bond acceptors (Lipinski definition) is 13. The lowest BCUT2D eigenvalue weighted by Crippen LogP contribution is -2.71. The first kappa shape index (κ1) is 29.3. The number of carboxylic acid groups (broad SMARTS) is 1. The molecule has 2 atom stereocenters. The first-order valence-corrected chi connectivity index (χ1v) is 15.6. The van der Waals surface area contributed by atoms with Crippen LogP contribution in [0.15, 0.2) is 58.6 Å². The lowest BCUT2D eigenvalue weighted by molar-refractivity contribution is -0.687. The molecule has 226 valence electrons. The predicted molar refractivity (Wildman–Crippen MR) is 161 cm³/mol.